The molecule has 3 aromatic heterocycles. The van der Waals surface area contributed by atoms with Crippen LogP contribution in [0.5, 0.6) is 5.75 Å². The molecule has 0 radical (unpaired) electrons. The number of nitrogens with zero attached hydrogens (tertiary/aromatic N) is 7. The summed E-state index contributed by atoms with van der Waals surface area (Å²) in [7, 11) is 0. The van der Waals surface area contributed by atoms with Crippen molar-refractivity contribution in [1.29, 1.82) is 0 Å². The molecule has 2 aliphatic rings. The third kappa shape index (κ3) is 6.21. The monoisotopic (exact) mass is 762 g/mol. The van der Waals surface area contributed by atoms with Crippen LogP contribution in [0.15, 0.2) is 121 Å². The van der Waals surface area contributed by atoms with Gasteiger partial charge in [0.1, 0.15) is 11.3 Å². The van der Waals surface area contributed by atoms with Crippen molar-refractivity contribution in [2.45, 2.75) is 39.5 Å². The van der Waals surface area contributed by atoms with Crippen LogP contribution in [0.4, 0.5) is 0 Å². The minimum absolute atomic E-state index is 0.347. The van der Waals surface area contributed by atoms with Crippen molar-refractivity contribution in [3.8, 4) is 51.3 Å². The van der Waals surface area contributed by atoms with Crippen molar-refractivity contribution in [2.75, 3.05) is 6.61 Å². The molecule has 8 bridgehead atoms. The molecule has 5 heterocycles. The van der Waals surface area contributed by atoms with Crippen LogP contribution < -0.4 is 4.84 Å². The summed E-state index contributed by atoms with van der Waals surface area (Å²) in [6.07, 6.45) is 4.25. The molecule has 58 heavy (non-hydrogen) atoms. The third-order valence-corrected chi connectivity index (χ3v) is 10.8. The van der Waals surface area contributed by atoms with Crippen molar-refractivity contribution in [3.05, 3.63) is 127 Å². The maximum atomic E-state index is 13.1. The summed E-state index contributed by atoms with van der Waals surface area (Å²) < 4.78 is 7.36. The molecule has 0 saturated heterocycles. The third-order valence-electron chi connectivity index (χ3n) is 10.8. The number of fused-ring (bicyclic) bond motifs is 20. The number of carbonyl (C=O) groups excluding carboxylic acids is 1. The molecule has 1 unspecified atom stereocenters. The Morgan fingerprint density at radius 3 is 1.53 bits per heavy atom. The number of esters is 1. The quantitative estimate of drug-likeness (QED) is 0.143. The number of unbranched alkanes of at least 4 members (excludes halogenated alkanes) is 1. The fourth-order valence-corrected chi connectivity index (χ4v) is 7.68. The Hall–Kier alpha value is -7.27. The highest BCUT2D eigenvalue weighted by Crippen LogP contribution is 2.37. The molecule has 0 aliphatic carbocycles. The minimum atomic E-state index is -0.360. The van der Waals surface area contributed by atoms with Crippen LogP contribution in [0, 0.1) is 5.92 Å². The topological polar surface area (TPSA) is 134 Å². The van der Waals surface area contributed by atoms with Crippen molar-refractivity contribution < 1.29 is 14.4 Å². The summed E-state index contributed by atoms with van der Waals surface area (Å²) in [5.41, 5.74) is 6.02. The summed E-state index contributed by atoms with van der Waals surface area (Å²) in [6, 6.07) is 38.7. The summed E-state index contributed by atoms with van der Waals surface area (Å²) in [4.78, 5) is 54.1. The Balaban J connectivity index is 1.20. The number of nitrogens with one attached hydrogen (secondary N) is 1. The first-order chi connectivity index (χ1) is 28.6. The molecule has 0 saturated carbocycles. The van der Waals surface area contributed by atoms with Gasteiger partial charge in [0.15, 0.2) is 40.3 Å². The lowest BCUT2D eigenvalue weighted by Crippen LogP contribution is -2.14. The van der Waals surface area contributed by atoms with E-state index < -0.39 is 0 Å². The second-order valence-corrected chi connectivity index (χ2v) is 14.5. The number of carbonyl (C=O) groups is 1. The molecular formula is C47H38N8O3. The van der Waals surface area contributed by atoms with E-state index >= 15 is 0 Å². The van der Waals surface area contributed by atoms with Crippen LogP contribution in [-0.2, 0) is 4.74 Å². The normalized spacial score (nSPS) is 12.3. The SMILES string of the molecule is CCCCC(CC)COC(=O)c1ccc(On2c3nc4nc(nc5[nH]c(nc6nc(nc2c2ccccc23)-c2ccccc2-6)c2ccccc52)-c2ccccc2-4)cc1. The van der Waals surface area contributed by atoms with Gasteiger partial charge in [0, 0.05) is 43.8 Å². The predicted molar refractivity (Wildman–Crippen MR) is 226 cm³/mol. The molecule has 11 nitrogen and oxygen atoms in total. The average molecular weight is 763 g/mol. The van der Waals surface area contributed by atoms with E-state index in [0.29, 0.717) is 69.7 Å². The molecule has 8 aromatic rings. The molecule has 10 rings (SSSR count). The summed E-state index contributed by atoms with van der Waals surface area (Å²) in [5, 5.41) is 3.41. The predicted octanol–water partition coefficient (Wildman–Crippen LogP) is 10.6. The first-order valence-corrected chi connectivity index (χ1v) is 19.7. The van der Waals surface area contributed by atoms with Crippen molar-refractivity contribution >= 4 is 50.1 Å². The van der Waals surface area contributed by atoms with Gasteiger partial charge in [0.2, 0.25) is 0 Å². The molecule has 5 aromatic carbocycles. The van der Waals surface area contributed by atoms with Gasteiger partial charge in [-0.25, -0.2) is 34.7 Å². The first kappa shape index (κ1) is 35.2. The Kier molecular flexibility index (Phi) is 8.89. The maximum Gasteiger partial charge on any atom is 0.338 e. The molecule has 1 N–H and O–H groups in total. The molecule has 0 spiro atoms. The van der Waals surface area contributed by atoms with Gasteiger partial charge in [-0.15, -0.1) is 4.73 Å². The van der Waals surface area contributed by atoms with E-state index in [1.54, 1.807) is 29.0 Å². The smallest absolute Gasteiger partial charge is 0.338 e. The Morgan fingerprint density at radius 1 is 0.586 bits per heavy atom. The Bertz CT molecular complexity index is 2900. The zero-order chi connectivity index (χ0) is 39.2. The number of benzene rings is 5. The van der Waals surface area contributed by atoms with E-state index in [2.05, 4.69) is 18.8 Å². The second kappa shape index (κ2) is 14.7. The fraction of sp³-hybridized carbons (Fsp3) is 0.170. The molecule has 0 fully saturated rings. The van der Waals surface area contributed by atoms with Gasteiger partial charge in [-0.05, 0) is 36.6 Å². The van der Waals surface area contributed by atoms with E-state index in [9.17, 15) is 4.79 Å². The number of hydrogen-bond acceptors (Lipinski definition) is 9. The number of aromatic amines is 1. The number of aromatic nitrogens is 8. The van der Waals surface area contributed by atoms with Crippen LogP contribution in [0.2, 0.25) is 0 Å². The molecule has 1 atom stereocenters. The highest BCUT2D eigenvalue weighted by atomic mass is 16.7. The zero-order valence-electron chi connectivity index (χ0n) is 32.0. The standard InChI is InChI=1S/C47H38N8O3/c1-3-5-14-28(4-2)27-57-47(56)29-23-25-30(26-24-29)58-55-45-37-21-12-13-22-38(37)46(55)54-44-36-20-11-9-18-34(36)42(52-44)50-40-32-16-7-6-15-31(32)39(48-40)49-41-33-17-8-10-19-35(33)43(51-41)53-45/h6-13,15-26,28H,3-5,14,27H2,1-2H3,(H,48,49,50,51,52,53,54). The first-order valence-electron chi connectivity index (χ1n) is 19.7. The zero-order valence-corrected chi connectivity index (χ0v) is 32.0. The van der Waals surface area contributed by atoms with Crippen LogP contribution in [0.1, 0.15) is 49.9 Å². The molecule has 284 valence electrons. The van der Waals surface area contributed by atoms with E-state index in [-0.39, 0.29) is 5.97 Å². The second-order valence-electron chi connectivity index (χ2n) is 14.5. The van der Waals surface area contributed by atoms with Gasteiger partial charge >= 0.3 is 5.97 Å². The van der Waals surface area contributed by atoms with Gasteiger partial charge in [-0.1, -0.05) is 130 Å². The van der Waals surface area contributed by atoms with Gasteiger partial charge < -0.3 is 14.6 Å². The lowest BCUT2D eigenvalue weighted by atomic mass is 10.0. The summed E-state index contributed by atoms with van der Waals surface area (Å²) >= 11 is 0. The van der Waals surface area contributed by atoms with Gasteiger partial charge in [-0.3, -0.25) is 0 Å². The lowest BCUT2D eigenvalue weighted by Gasteiger charge is -2.14. The van der Waals surface area contributed by atoms with E-state index in [4.69, 9.17) is 39.5 Å². The van der Waals surface area contributed by atoms with Crippen LogP contribution in [0.25, 0.3) is 89.7 Å². The lowest BCUT2D eigenvalue weighted by molar-refractivity contribution is 0.0428. The van der Waals surface area contributed by atoms with Crippen molar-refractivity contribution in [1.82, 2.24) is 39.6 Å². The van der Waals surface area contributed by atoms with Gasteiger partial charge in [-0.2, -0.15) is 0 Å². The molecule has 0 amide bonds. The van der Waals surface area contributed by atoms with E-state index in [0.717, 1.165) is 69.5 Å². The molecule has 11 heteroatoms. The van der Waals surface area contributed by atoms with E-state index in [1.807, 2.05) is 97.1 Å². The number of rotatable bonds is 9. The Morgan fingerprint density at radius 2 is 1.05 bits per heavy atom. The summed E-state index contributed by atoms with van der Waals surface area (Å²) in [5.74, 6) is 2.44. The Labute approximate surface area is 333 Å². The van der Waals surface area contributed by atoms with Crippen LogP contribution in [0.3, 0.4) is 0 Å². The van der Waals surface area contributed by atoms with Crippen LogP contribution >= 0.6 is 0 Å². The molecule has 2 aliphatic heterocycles. The average Bonchev–Trinajstić information content (AvgIpc) is 3.99. The molecular weight excluding hydrogens is 725 g/mol. The van der Waals surface area contributed by atoms with E-state index in [1.165, 1.54) is 0 Å². The van der Waals surface area contributed by atoms with Crippen molar-refractivity contribution in [2.24, 2.45) is 5.92 Å². The number of ether oxygens (including phenoxy) is 1. The largest absolute Gasteiger partial charge is 0.462 e. The maximum absolute atomic E-state index is 13.1. The highest BCUT2D eigenvalue weighted by molar-refractivity contribution is 6.06. The van der Waals surface area contributed by atoms with Gasteiger partial charge in [0.25, 0.3) is 0 Å². The summed E-state index contributed by atoms with van der Waals surface area (Å²) in [6.45, 7) is 4.71. The van der Waals surface area contributed by atoms with Crippen molar-refractivity contribution in [3.63, 3.8) is 0 Å². The fourth-order valence-electron chi connectivity index (χ4n) is 7.68. The number of hydrogen-bond donors (Lipinski definition) is 1. The minimum Gasteiger partial charge on any atom is -0.462 e. The number of H-pyrrole nitrogens is 1. The van der Waals surface area contributed by atoms with Gasteiger partial charge in [0.05, 0.1) is 12.2 Å². The highest BCUT2D eigenvalue weighted by Gasteiger charge is 2.24. The van der Waals surface area contributed by atoms with Crippen LogP contribution in [-0.4, -0.2) is 52.2 Å².